The molecular formula is C8H13BrN2OS. The molecule has 0 amide bonds. The predicted molar refractivity (Wildman–Crippen MR) is 58.9 cm³/mol. The first-order valence-electron chi connectivity index (χ1n) is 3.98. The van der Waals surface area contributed by atoms with Gasteiger partial charge in [-0.15, -0.1) is 11.3 Å². The van der Waals surface area contributed by atoms with E-state index < -0.39 is 0 Å². The first-order valence-corrected chi connectivity index (χ1v) is 5.59. The maximum Gasteiger partial charge on any atom is 0.0702 e. The predicted octanol–water partition coefficient (Wildman–Crippen LogP) is 1.09. The van der Waals surface area contributed by atoms with E-state index in [9.17, 15) is 0 Å². The van der Waals surface area contributed by atoms with Gasteiger partial charge in [0.15, 0.2) is 0 Å². The number of halogens is 1. The minimum atomic E-state index is -0.254. The smallest absolute Gasteiger partial charge is 0.0702 e. The fourth-order valence-electron chi connectivity index (χ4n) is 1.17. The molecule has 5 heteroatoms. The van der Waals surface area contributed by atoms with Gasteiger partial charge in [-0.2, -0.15) is 0 Å². The molecular weight excluding hydrogens is 252 g/mol. The van der Waals surface area contributed by atoms with Gasteiger partial charge in [0.2, 0.25) is 0 Å². The van der Waals surface area contributed by atoms with Crippen LogP contribution >= 0.6 is 27.3 Å². The van der Waals surface area contributed by atoms with E-state index in [1.165, 1.54) is 0 Å². The number of thiophene rings is 1. The van der Waals surface area contributed by atoms with Gasteiger partial charge >= 0.3 is 0 Å². The highest BCUT2D eigenvalue weighted by atomic mass is 79.9. The van der Waals surface area contributed by atoms with Crippen molar-refractivity contribution in [2.75, 3.05) is 13.7 Å². The molecule has 1 aromatic rings. The maximum atomic E-state index is 8.93. The standard InChI is InChI=1S/C8H13BrN2OS/c1-11-8(5(10)4-12)6-2-3-7(9)13-6/h2-3,5,8,11-12H,4,10H2,1H3. The van der Waals surface area contributed by atoms with Crippen LogP contribution in [0, 0.1) is 0 Å². The maximum absolute atomic E-state index is 8.93. The molecule has 74 valence electrons. The van der Waals surface area contributed by atoms with E-state index in [-0.39, 0.29) is 18.7 Å². The van der Waals surface area contributed by atoms with Gasteiger partial charge in [0.1, 0.15) is 0 Å². The van der Waals surface area contributed by atoms with Gasteiger partial charge in [-0.1, -0.05) is 0 Å². The number of rotatable bonds is 4. The lowest BCUT2D eigenvalue weighted by molar-refractivity contribution is 0.241. The van der Waals surface area contributed by atoms with Crippen molar-refractivity contribution in [1.82, 2.24) is 5.32 Å². The van der Waals surface area contributed by atoms with Crippen LogP contribution in [0.1, 0.15) is 10.9 Å². The lowest BCUT2D eigenvalue weighted by Crippen LogP contribution is -2.38. The second-order valence-electron chi connectivity index (χ2n) is 2.75. The summed E-state index contributed by atoms with van der Waals surface area (Å²) >= 11 is 5.02. The van der Waals surface area contributed by atoms with Crippen LogP contribution in [-0.4, -0.2) is 24.8 Å². The summed E-state index contributed by atoms with van der Waals surface area (Å²) in [5.74, 6) is 0. The van der Waals surface area contributed by atoms with Crippen molar-refractivity contribution in [2.24, 2.45) is 5.73 Å². The zero-order chi connectivity index (χ0) is 9.84. The molecule has 0 radical (unpaired) electrons. The molecule has 0 saturated heterocycles. The quantitative estimate of drug-likeness (QED) is 0.763. The van der Waals surface area contributed by atoms with E-state index in [2.05, 4.69) is 21.2 Å². The minimum absolute atomic E-state index is 0.0129. The van der Waals surface area contributed by atoms with E-state index in [1.54, 1.807) is 11.3 Å². The van der Waals surface area contributed by atoms with E-state index >= 15 is 0 Å². The number of hydrogen-bond donors (Lipinski definition) is 3. The molecule has 1 aromatic heterocycles. The lowest BCUT2D eigenvalue weighted by Gasteiger charge is -2.20. The Balaban J connectivity index is 2.77. The summed E-state index contributed by atoms with van der Waals surface area (Å²) in [6.07, 6.45) is 0. The molecule has 0 aliphatic carbocycles. The first-order chi connectivity index (χ1) is 6.19. The minimum Gasteiger partial charge on any atom is -0.395 e. The van der Waals surface area contributed by atoms with E-state index in [1.807, 2.05) is 19.2 Å². The topological polar surface area (TPSA) is 58.3 Å². The van der Waals surface area contributed by atoms with Crippen molar-refractivity contribution in [3.8, 4) is 0 Å². The van der Waals surface area contributed by atoms with Crippen LogP contribution < -0.4 is 11.1 Å². The number of nitrogens with one attached hydrogen (secondary N) is 1. The largest absolute Gasteiger partial charge is 0.395 e. The Morgan fingerprint density at radius 2 is 2.38 bits per heavy atom. The number of aliphatic hydroxyl groups is 1. The second-order valence-corrected chi connectivity index (χ2v) is 5.25. The molecule has 1 rings (SSSR count). The molecule has 0 aromatic carbocycles. The monoisotopic (exact) mass is 264 g/mol. The molecule has 0 fully saturated rings. The molecule has 0 aliphatic heterocycles. The molecule has 2 unspecified atom stereocenters. The third-order valence-corrected chi connectivity index (χ3v) is 3.56. The van der Waals surface area contributed by atoms with Crippen molar-refractivity contribution < 1.29 is 5.11 Å². The van der Waals surface area contributed by atoms with E-state index in [0.717, 1.165) is 8.66 Å². The average Bonchev–Trinajstić information content (AvgIpc) is 2.53. The van der Waals surface area contributed by atoms with Crippen LogP contribution in [0.2, 0.25) is 0 Å². The fraction of sp³-hybridized carbons (Fsp3) is 0.500. The molecule has 0 spiro atoms. The van der Waals surface area contributed by atoms with Gasteiger partial charge in [0, 0.05) is 10.9 Å². The summed E-state index contributed by atoms with van der Waals surface area (Å²) in [5.41, 5.74) is 5.75. The molecule has 13 heavy (non-hydrogen) atoms. The van der Waals surface area contributed by atoms with Crippen molar-refractivity contribution in [3.63, 3.8) is 0 Å². The Kier molecular flexibility index (Phi) is 4.34. The van der Waals surface area contributed by atoms with Crippen LogP contribution in [-0.2, 0) is 0 Å². The SMILES string of the molecule is CNC(c1ccc(Br)s1)C(N)CO. The highest BCUT2D eigenvalue weighted by molar-refractivity contribution is 9.11. The first kappa shape index (κ1) is 11.1. The highest BCUT2D eigenvalue weighted by Crippen LogP contribution is 2.28. The molecule has 1 heterocycles. The summed E-state index contributed by atoms with van der Waals surface area (Å²) < 4.78 is 1.08. The number of nitrogens with two attached hydrogens (primary N) is 1. The normalized spacial score (nSPS) is 15.7. The summed E-state index contributed by atoms with van der Waals surface area (Å²) in [6.45, 7) is -0.0129. The highest BCUT2D eigenvalue weighted by Gasteiger charge is 2.18. The average molecular weight is 265 g/mol. The van der Waals surface area contributed by atoms with Crippen LogP contribution in [0.4, 0.5) is 0 Å². The van der Waals surface area contributed by atoms with Crippen LogP contribution in [0.5, 0.6) is 0 Å². The summed E-state index contributed by atoms with van der Waals surface area (Å²) in [4.78, 5) is 1.14. The Morgan fingerprint density at radius 1 is 1.69 bits per heavy atom. The molecule has 2 atom stereocenters. The molecule has 0 saturated carbocycles. The van der Waals surface area contributed by atoms with E-state index in [0.29, 0.717) is 0 Å². The van der Waals surface area contributed by atoms with E-state index in [4.69, 9.17) is 10.8 Å². The third kappa shape index (κ3) is 2.75. The van der Waals surface area contributed by atoms with Gasteiger partial charge in [-0.05, 0) is 35.1 Å². The zero-order valence-electron chi connectivity index (χ0n) is 7.33. The number of aliphatic hydroxyl groups excluding tert-OH is 1. The summed E-state index contributed by atoms with van der Waals surface area (Å²) in [7, 11) is 1.84. The van der Waals surface area contributed by atoms with Gasteiger partial charge in [0.05, 0.1) is 16.4 Å². The summed E-state index contributed by atoms with van der Waals surface area (Å²) in [5, 5.41) is 12.0. The number of likely N-dealkylation sites (N-methyl/N-ethyl adjacent to an activating group) is 1. The Morgan fingerprint density at radius 3 is 2.77 bits per heavy atom. The molecule has 0 bridgehead atoms. The molecule has 0 aliphatic rings. The fourth-order valence-corrected chi connectivity index (χ4v) is 2.78. The number of hydrogen-bond acceptors (Lipinski definition) is 4. The Hall–Kier alpha value is 0.0600. The van der Waals surface area contributed by atoms with Crippen molar-refractivity contribution in [3.05, 3.63) is 20.8 Å². The van der Waals surface area contributed by atoms with Crippen LogP contribution in [0.15, 0.2) is 15.9 Å². The van der Waals surface area contributed by atoms with Crippen LogP contribution in [0.25, 0.3) is 0 Å². The van der Waals surface area contributed by atoms with Crippen LogP contribution in [0.3, 0.4) is 0 Å². The third-order valence-electron chi connectivity index (χ3n) is 1.85. The molecule has 3 nitrogen and oxygen atoms in total. The van der Waals surface area contributed by atoms with Gasteiger partial charge < -0.3 is 16.2 Å². The Bertz CT molecular complexity index is 266. The Labute approximate surface area is 90.1 Å². The van der Waals surface area contributed by atoms with Crippen molar-refractivity contribution in [1.29, 1.82) is 0 Å². The van der Waals surface area contributed by atoms with Gasteiger partial charge in [0.25, 0.3) is 0 Å². The van der Waals surface area contributed by atoms with Gasteiger partial charge in [-0.3, -0.25) is 0 Å². The second kappa shape index (κ2) is 5.07. The summed E-state index contributed by atoms with van der Waals surface area (Å²) in [6, 6.07) is 3.76. The van der Waals surface area contributed by atoms with Crippen molar-refractivity contribution in [2.45, 2.75) is 12.1 Å². The lowest BCUT2D eigenvalue weighted by atomic mass is 10.1. The van der Waals surface area contributed by atoms with Crippen molar-refractivity contribution >= 4 is 27.3 Å². The zero-order valence-corrected chi connectivity index (χ0v) is 9.73. The molecule has 4 N–H and O–H groups in total. The van der Waals surface area contributed by atoms with Gasteiger partial charge in [-0.25, -0.2) is 0 Å².